The highest BCUT2D eigenvalue weighted by Gasteiger charge is 2.62. The molecule has 3 aliphatic rings. The first-order valence-electron chi connectivity index (χ1n) is 12.7. The van der Waals surface area contributed by atoms with Crippen molar-refractivity contribution >= 4 is 5.78 Å². The molecule has 2 N–H and O–H groups in total. The van der Waals surface area contributed by atoms with Crippen molar-refractivity contribution in [1.29, 1.82) is 5.26 Å². The number of imidazole rings is 1. The fourth-order valence-electron chi connectivity index (χ4n) is 6.76. The van der Waals surface area contributed by atoms with Crippen molar-refractivity contribution in [3.8, 4) is 17.5 Å². The summed E-state index contributed by atoms with van der Waals surface area (Å²) in [6, 6.07) is 8.62. The van der Waals surface area contributed by atoms with Gasteiger partial charge in [0.15, 0.2) is 5.78 Å². The van der Waals surface area contributed by atoms with Gasteiger partial charge in [0.25, 0.3) is 0 Å². The van der Waals surface area contributed by atoms with Crippen molar-refractivity contribution in [1.82, 2.24) is 15.3 Å². The summed E-state index contributed by atoms with van der Waals surface area (Å²) in [5.41, 5.74) is 2.44. The second-order valence-electron chi connectivity index (χ2n) is 10.3. The third-order valence-corrected chi connectivity index (χ3v) is 8.72. The lowest BCUT2D eigenvalue weighted by molar-refractivity contribution is -0.0604. The van der Waals surface area contributed by atoms with Crippen LogP contribution >= 0.6 is 0 Å². The molecule has 1 aliphatic heterocycles. The molecule has 1 aromatic carbocycles. The lowest BCUT2D eigenvalue weighted by Gasteiger charge is -2.59. The summed E-state index contributed by atoms with van der Waals surface area (Å²) in [5.74, 6) is 1.02. The normalized spacial score (nSPS) is 28.4. The standard InChI is InChI=1S/C29H34N4O2/c1-20-23(10-7-11-24(20)27-32-16-22(33-27)18-35-2)26(34)25-17-31-15-14-29(25,21-8-6-9-21)28(19-30)12-4-3-5-13-28/h3-5,7,10-12,16,21,25,31H,6,8-9,13-15,17-18H2,1-2H3,(H,32,33). The van der Waals surface area contributed by atoms with Crippen molar-refractivity contribution in [3.05, 3.63) is 65.5 Å². The van der Waals surface area contributed by atoms with Gasteiger partial charge in [-0.25, -0.2) is 4.98 Å². The Labute approximate surface area is 207 Å². The maximum atomic E-state index is 14.4. The largest absolute Gasteiger partial charge is 0.378 e. The Hall–Kier alpha value is -3.01. The molecule has 2 fully saturated rings. The number of benzene rings is 1. The van der Waals surface area contributed by atoms with Gasteiger partial charge in [0.1, 0.15) is 5.82 Å². The summed E-state index contributed by atoms with van der Waals surface area (Å²) in [7, 11) is 1.66. The van der Waals surface area contributed by atoms with E-state index in [4.69, 9.17) is 4.74 Å². The number of Topliss-reactive ketones (excluding diaryl/α,β-unsaturated/α-hetero) is 1. The summed E-state index contributed by atoms with van der Waals surface area (Å²) < 4.78 is 5.22. The fraction of sp³-hybridized carbons (Fsp3) is 0.483. The van der Waals surface area contributed by atoms with E-state index in [9.17, 15) is 10.1 Å². The minimum Gasteiger partial charge on any atom is -0.378 e. The average Bonchev–Trinajstić information content (AvgIpc) is 3.32. The maximum Gasteiger partial charge on any atom is 0.168 e. The first-order chi connectivity index (χ1) is 17.1. The Morgan fingerprint density at radius 2 is 2.17 bits per heavy atom. The molecule has 5 rings (SSSR count). The van der Waals surface area contributed by atoms with Crippen LogP contribution in [0.15, 0.2) is 48.7 Å². The van der Waals surface area contributed by atoms with Gasteiger partial charge in [0, 0.05) is 36.1 Å². The van der Waals surface area contributed by atoms with Gasteiger partial charge in [-0.1, -0.05) is 48.9 Å². The molecular formula is C29H34N4O2. The van der Waals surface area contributed by atoms with Gasteiger partial charge in [-0.15, -0.1) is 0 Å². The number of carbonyl (C=O) groups is 1. The quantitative estimate of drug-likeness (QED) is 0.547. The minimum atomic E-state index is -0.656. The number of hydrogen-bond acceptors (Lipinski definition) is 5. The highest BCUT2D eigenvalue weighted by Crippen LogP contribution is 2.62. The van der Waals surface area contributed by atoms with Crippen LogP contribution in [0.25, 0.3) is 11.4 Å². The van der Waals surface area contributed by atoms with E-state index >= 15 is 0 Å². The molecule has 0 spiro atoms. The van der Waals surface area contributed by atoms with E-state index in [0.29, 0.717) is 25.5 Å². The third kappa shape index (κ3) is 3.78. The first kappa shape index (κ1) is 23.7. The fourth-order valence-corrected chi connectivity index (χ4v) is 6.76. The molecule has 6 nitrogen and oxygen atoms in total. The number of ether oxygens (including phenoxy) is 1. The number of H-pyrrole nitrogens is 1. The molecule has 0 bridgehead atoms. The van der Waals surface area contributed by atoms with Crippen LogP contribution in [0.5, 0.6) is 0 Å². The summed E-state index contributed by atoms with van der Waals surface area (Å²) in [4.78, 5) is 22.3. The lowest BCUT2D eigenvalue weighted by Crippen LogP contribution is -2.61. The average molecular weight is 471 g/mol. The van der Waals surface area contributed by atoms with Gasteiger partial charge in [-0.05, 0) is 50.6 Å². The smallest absolute Gasteiger partial charge is 0.168 e. The zero-order valence-corrected chi connectivity index (χ0v) is 20.6. The van der Waals surface area contributed by atoms with Crippen molar-refractivity contribution in [3.63, 3.8) is 0 Å². The van der Waals surface area contributed by atoms with Crippen LogP contribution < -0.4 is 5.32 Å². The number of piperidine rings is 1. The molecule has 0 amide bonds. The van der Waals surface area contributed by atoms with Crippen molar-refractivity contribution in [2.45, 2.75) is 45.6 Å². The molecule has 1 aromatic heterocycles. The Balaban J connectivity index is 1.57. The number of aromatic nitrogens is 2. The lowest BCUT2D eigenvalue weighted by atomic mass is 9.44. The highest BCUT2D eigenvalue weighted by atomic mass is 16.5. The summed E-state index contributed by atoms with van der Waals surface area (Å²) in [6.07, 6.45) is 14.9. The number of rotatable bonds is 7. The molecule has 3 atom stereocenters. The number of allylic oxidation sites excluding steroid dienone is 4. The van der Waals surface area contributed by atoms with E-state index < -0.39 is 5.41 Å². The van der Waals surface area contributed by atoms with Gasteiger partial charge < -0.3 is 15.0 Å². The van der Waals surface area contributed by atoms with E-state index in [1.807, 2.05) is 37.3 Å². The molecule has 1 saturated heterocycles. The number of carbonyl (C=O) groups excluding carboxylic acids is 1. The minimum absolute atomic E-state index is 0.143. The summed E-state index contributed by atoms with van der Waals surface area (Å²) >= 11 is 0. The molecule has 6 heteroatoms. The molecular weight excluding hydrogens is 436 g/mol. The molecule has 2 heterocycles. The zero-order chi connectivity index (χ0) is 24.5. The van der Waals surface area contributed by atoms with Crippen LogP contribution in [0.2, 0.25) is 0 Å². The van der Waals surface area contributed by atoms with E-state index in [0.717, 1.165) is 54.0 Å². The van der Waals surface area contributed by atoms with Crippen LogP contribution in [0.4, 0.5) is 0 Å². The Morgan fingerprint density at radius 1 is 1.31 bits per heavy atom. The molecule has 35 heavy (non-hydrogen) atoms. The van der Waals surface area contributed by atoms with E-state index in [-0.39, 0.29) is 17.1 Å². The number of methoxy groups -OCH3 is 1. The van der Waals surface area contributed by atoms with Gasteiger partial charge in [0.05, 0.1) is 30.0 Å². The SMILES string of the molecule is COCc1cnc(-c2cccc(C(=O)C3CNCCC3(C3CCC3)C3(C#N)C=CC=CC3)c2C)[nH]1. The predicted octanol–water partition coefficient (Wildman–Crippen LogP) is 5.14. The molecule has 182 valence electrons. The van der Waals surface area contributed by atoms with Crippen LogP contribution in [0, 0.1) is 40.9 Å². The molecule has 1 saturated carbocycles. The van der Waals surface area contributed by atoms with Crippen molar-refractivity contribution in [2.75, 3.05) is 20.2 Å². The number of nitrogens with zero attached hydrogens (tertiary/aromatic N) is 2. The number of ketones is 1. The van der Waals surface area contributed by atoms with E-state index in [2.05, 4.69) is 33.5 Å². The monoisotopic (exact) mass is 470 g/mol. The number of nitrogens with one attached hydrogen (secondary N) is 2. The summed E-state index contributed by atoms with van der Waals surface area (Å²) in [6.45, 7) is 3.92. The molecule has 2 aromatic rings. The Bertz CT molecular complexity index is 1200. The molecule has 2 aliphatic carbocycles. The number of hydrogen-bond donors (Lipinski definition) is 2. The van der Waals surface area contributed by atoms with E-state index in [1.54, 1.807) is 13.3 Å². The van der Waals surface area contributed by atoms with Crippen LogP contribution in [-0.2, 0) is 11.3 Å². The van der Waals surface area contributed by atoms with Crippen LogP contribution in [-0.4, -0.2) is 36.0 Å². The Morgan fingerprint density at radius 3 is 2.86 bits per heavy atom. The Kier molecular flexibility index (Phi) is 6.48. The van der Waals surface area contributed by atoms with Crippen molar-refractivity contribution in [2.24, 2.45) is 22.7 Å². The third-order valence-electron chi connectivity index (χ3n) is 8.72. The zero-order valence-electron chi connectivity index (χ0n) is 20.6. The second-order valence-corrected chi connectivity index (χ2v) is 10.3. The predicted molar refractivity (Wildman–Crippen MR) is 135 cm³/mol. The van der Waals surface area contributed by atoms with E-state index in [1.165, 1.54) is 6.42 Å². The summed E-state index contributed by atoms with van der Waals surface area (Å²) in [5, 5.41) is 14.1. The van der Waals surface area contributed by atoms with Crippen molar-refractivity contribution < 1.29 is 9.53 Å². The van der Waals surface area contributed by atoms with Gasteiger partial charge in [0.2, 0.25) is 0 Å². The maximum absolute atomic E-state index is 14.4. The topological polar surface area (TPSA) is 90.8 Å². The molecule has 3 unspecified atom stereocenters. The van der Waals surface area contributed by atoms with Gasteiger partial charge in [-0.3, -0.25) is 4.79 Å². The second kappa shape index (κ2) is 9.56. The number of aromatic amines is 1. The highest BCUT2D eigenvalue weighted by molar-refractivity contribution is 6.01. The van der Waals surface area contributed by atoms with Gasteiger partial charge in [-0.2, -0.15) is 5.26 Å². The molecule has 0 radical (unpaired) electrons. The first-order valence-corrected chi connectivity index (χ1v) is 12.7. The van der Waals surface area contributed by atoms with Gasteiger partial charge >= 0.3 is 0 Å². The number of nitriles is 1. The van der Waals surface area contributed by atoms with Crippen LogP contribution in [0.1, 0.15) is 53.7 Å². The van der Waals surface area contributed by atoms with Crippen LogP contribution in [0.3, 0.4) is 0 Å².